The minimum Gasteiger partial charge on any atom is -0.852 e. The molecule has 0 aliphatic carbocycles. The quantitative estimate of drug-likeness (QED) is 0.566. The molecule has 0 unspecified atom stereocenters. The summed E-state index contributed by atoms with van der Waals surface area (Å²) in [5.74, 6) is 0. The number of hydrogen-bond acceptors (Lipinski definition) is 2. The van der Waals surface area contributed by atoms with Crippen molar-refractivity contribution in [1.29, 1.82) is 0 Å². The predicted molar refractivity (Wildman–Crippen MR) is 30.3 cm³/mol. The monoisotopic (exact) mass is 298 g/mol. The molecule has 0 N–H and O–H groups in total. The van der Waals surface area contributed by atoms with Crippen molar-refractivity contribution in [1.82, 2.24) is 0 Å². The topological polar surface area (TPSA) is 46.1 Å². The molecule has 0 aliphatic rings. The van der Waals surface area contributed by atoms with Crippen molar-refractivity contribution < 1.29 is 36.1 Å². The molecule has 2 nitrogen and oxygen atoms in total. The van der Waals surface area contributed by atoms with Gasteiger partial charge in [0, 0.05) is 0 Å². The summed E-state index contributed by atoms with van der Waals surface area (Å²) >= 11 is 0. The van der Waals surface area contributed by atoms with Crippen LogP contribution in [0.4, 0.5) is 0 Å². The Balaban J connectivity index is -0.0000000720. The Bertz CT molecular complexity index is 26.5. The minimum atomic E-state index is -0.417. The third-order valence-corrected chi connectivity index (χ3v) is 0. The van der Waals surface area contributed by atoms with E-state index in [9.17, 15) is 10.2 Å². The molecule has 54 valence electrons. The van der Waals surface area contributed by atoms with Crippen LogP contribution in [0.3, 0.4) is 0 Å². The number of rotatable bonds is 0. The fourth-order valence-corrected chi connectivity index (χ4v) is 0. The van der Waals surface area contributed by atoms with Crippen molar-refractivity contribution in [3.63, 3.8) is 0 Å². The molecular weight excluding hydrogens is 283 g/mol. The van der Waals surface area contributed by atoms with Gasteiger partial charge in [-0.15, -0.1) is 12.2 Å². The molecule has 9 heavy (non-hydrogen) atoms. The van der Waals surface area contributed by atoms with Gasteiger partial charge in [0.05, 0.1) is 0 Å². The minimum absolute atomic E-state index is 0. The van der Waals surface area contributed by atoms with Gasteiger partial charge in [-0.05, 0) is 0 Å². The average molecular weight is 297 g/mol. The van der Waals surface area contributed by atoms with E-state index < -0.39 is 12.2 Å². The van der Waals surface area contributed by atoms with E-state index in [1.54, 1.807) is 27.7 Å². The first-order valence-corrected chi connectivity index (χ1v) is 2.78. The molecule has 0 rings (SSSR count). The molecular formula is C6H14HfO2. The van der Waals surface area contributed by atoms with E-state index in [0.717, 1.165) is 0 Å². The second-order valence-electron chi connectivity index (χ2n) is 2.10. The Hall–Kier alpha value is 0.790. The molecule has 0 fully saturated rings. The molecule has 0 aromatic carbocycles. The first-order chi connectivity index (χ1) is 3.46. The van der Waals surface area contributed by atoms with E-state index in [1.807, 2.05) is 0 Å². The first kappa shape index (κ1) is 16.4. The van der Waals surface area contributed by atoms with E-state index in [-0.39, 0.29) is 25.8 Å². The van der Waals surface area contributed by atoms with Gasteiger partial charge in [0.25, 0.3) is 0 Å². The molecule has 0 bridgehead atoms. The zero-order valence-electron chi connectivity index (χ0n) is 6.47. The molecule has 0 saturated heterocycles. The normalized spacial score (nSPS) is 8.00. The van der Waals surface area contributed by atoms with E-state index >= 15 is 0 Å². The predicted octanol–water partition coefficient (Wildman–Crippen LogP) is -0.492. The molecule has 0 saturated carbocycles. The Morgan fingerprint density at radius 2 is 0.778 bits per heavy atom. The number of hydrogen-bond donors (Lipinski definition) is 0. The summed E-state index contributed by atoms with van der Waals surface area (Å²) in [6.07, 6.45) is -0.833. The summed E-state index contributed by atoms with van der Waals surface area (Å²) in [4.78, 5) is 0. The first-order valence-electron chi connectivity index (χ1n) is 2.78. The molecule has 0 radical (unpaired) electrons. The largest absolute Gasteiger partial charge is 2.00 e. The van der Waals surface area contributed by atoms with Crippen molar-refractivity contribution in [2.24, 2.45) is 0 Å². The third-order valence-electron chi connectivity index (χ3n) is 0. The van der Waals surface area contributed by atoms with Gasteiger partial charge in [0.15, 0.2) is 0 Å². The smallest absolute Gasteiger partial charge is 0.852 e. The summed E-state index contributed by atoms with van der Waals surface area (Å²) in [5, 5.41) is 19.1. The van der Waals surface area contributed by atoms with E-state index in [2.05, 4.69) is 0 Å². The molecule has 0 heterocycles. The van der Waals surface area contributed by atoms with Gasteiger partial charge in [0.1, 0.15) is 0 Å². The Morgan fingerprint density at radius 1 is 0.778 bits per heavy atom. The molecule has 0 aromatic heterocycles. The molecule has 0 aromatic rings. The second-order valence-corrected chi connectivity index (χ2v) is 2.10. The van der Waals surface area contributed by atoms with Gasteiger partial charge >= 0.3 is 25.8 Å². The summed E-state index contributed by atoms with van der Waals surface area (Å²) in [5.41, 5.74) is 0. The summed E-state index contributed by atoms with van der Waals surface area (Å²) in [7, 11) is 0. The van der Waals surface area contributed by atoms with Gasteiger partial charge in [0.2, 0.25) is 0 Å². The molecule has 0 spiro atoms. The average Bonchev–Trinajstić information content (AvgIpc) is 1.25. The van der Waals surface area contributed by atoms with Crippen LogP contribution >= 0.6 is 0 Å². The van der Waals surface area contributed by atoms with E-state index in [1.165, 1.54) is 0 Å². The van der Waals surface area contributed by atoms with Crippen molar-refractivity contribution in [3.8, 4) is 0 Å². The zero-order valence-corrected chi connectivity index (χ0v) is 10.1. The second kappa shape index (κ2) is 11.6. The fraction of sp³-hybridized carbons (Fsp3) is 1.00. The summed E-state index contributed by atoms with van der Waals surface area (Å²) < 4.78 is 0. The van der Waals surface area contributed by atoms with Crippen molar-refractivity contribution in [2.45, 2.75) is 39.9 Å². The standard InChI is InChI=1S/2C3H7O.Hf/c2*1-3(2)4;/h2*3H,1-2H3;/q2*-1;+2. The Kier molecular flexibility index (Phi) is 21.1. The van der Waals surface area contributed by atoms with Gasteiger partial charge in [-0.3, -0.25) is 0 Å². The van der Waals surface area contributed by atoms with Gasteiger partial charge < -0.3 is 10.2 Å². The van der Waals surface area contributed by atoms with Crippen LogP contribution in [-0.4, -0.2) is 12.2 Å². The summed E-state index contributed by atoms with van der Waals surface area (Å²) in [6, 6.07) is 0. The van der Waals surface area contributed by atoms with Crippen LogP contribution in [0.15, 0.2) is 0 Å². The van der Waals surface area contributed by atoms with Gasteiger partial charge in [-0.1, -0.05) is 27.7 Å². The molecule has 0 atom stereocenters. The van der Waals surface area contributed by atoms with Crippen LogP contribution < -0.4 is 10.2 Å². The Morgan fingerprint density at radius 3 is 0.778 bits per heavy atom. The zero-order chi connectivity index (χ0) is 7.15. The summed E-state index contributed by atoms with van der Waals surface area (Å²) in [6.45, 7) is 6.44. The molecule has 0 aliphatic heterocycles. The van der Waals surface area contributed by atoms with Crippen LogP contribution in [-0.2, 0) is 25.8 Å². The van der Waals surface area contributed by atoms with Gasteiger partial charge in [-0.2, -0.15) is 0 Å². The van der Waals surface area contributed by atoms with Crippen molar-refractivity contribution >= 4 is 0 Å². The fourth-order valence-electron chi connectivity index (χ4n) is 0. The van der Waals surface area contributed by atoms with Crippen LogP contribution in [0.1, 0.15) is 27.7 Å². The van der Waals surface area contributed by atoms with E-state index in [4.69, 9.17) is 0 Å². The third kappa shape index (κ3) is 649. The van der Waals surface area contributed by atoms with Crippen LogP contribution in [0.2, 0.25) is 0 Å². The van der Waals surface area contributed by atoms with Gasteiger partial charge in [-0.25, -0.2) is 0 Å². The molecule has 3 heteroatoms. The van der Waals surface area contributed by atoms with Crippen molar-refractivity contribution in [2.75, 3.05) is 0 Å². The SMILES string of the molecule is CC(C)[O-].CC(C)[O-].[Hf+2]. The van der Waals surface area contributed by atoms with Crippen molar-refractivity contribution in [3.05, 3.63) is 0 Å². The maximum atomic E-state index is 9.53. The Labute approximate surface area is 76.1 Å². The maximum absolute atomic E-state index is 9.53. The van der Waals surface area contributed by atoms with Crippen LogP contribution in [0.5, 0.6) is 0 Å². The molecule has 0 amide bonds. The van der Waals surface area contributed by atoms with Crippen LogP contribution in [0.25, 0.3) is 0 Å². The maximum Gasteiger partial charge on any atom is 2.00 e. The van der Waals surface area contributed by atoms with E-state index in [0.29, 0.717) is 0 Å². The van der Waals surface area contributed by atoms with Crippen LogP contribution in [0, 0.1) is 0 Å².